The third-order valence-electron chi connectivity index (χ3n) is 3.35. The molecule has 2 rings (SSSR count). The molecule has 29 heavy (non-hydrogen) atoms. The molecule has 0 saturated carbocycles. The summed E-state index contributed by atoms with van der Waals surface area (Å²) >= 11 is 0. The quantitative estimate of drug-likeness (QED) is 0.465. The van der Waals surface area contributed by atoms with E-state index in [1.807, 2.05) is 0 Å². The van der Waals surface area contributed by atoms with Crippen LogP contribution in [0.1, 0.15) is 0 Å². The van der Waals surface area contributed by atoms with Gasteiger partial charge in [0.2, 0.25) is 0 Å². The van der Waals surface area contributed by atoms with E-state index in [1.54, 1.807) is 0 Å². The van der Waals surface area contributed by atoms with Crippen molar-refractivity contribution >= 4 is 27.1 Å². The monoisotopic (exact) mass is 445 g/mol. The number of aromatic hydroxyl groups is 1. The minimum absolute atomic E-state index is 0.112. The van der Waals surface area contributed by atoms with E-state index < -0.39 is 38.8 Å². The third kappa shape index (κ3) is 4.26. The summed E-state index contributed by atoms with van der Waals surface area (Å²) < 4.78 is 114. The van der Waals surface area contributed by atoms with E-state index in [1.165, 1.54) is 30.3 Å². The van der Waals surface area contributed by atoms with Crippen LogP contribution in [0.2, 0.25) is 0 Å². The SMILES string of the molecule is O=S(=O)(Nc1ccccc1N=Nc1ccccc1O)C(F)(F)C(F)(F)C(F)(F)F. The lowest BCUT2D eigenvalue weighted by molar-refractivity contribution is -0.332. The molecule has 0 aliphatic rings. The molecule has 0 heterocycles. The minimum atomic E-state index is -6.86. The number of para-hydroxylation sites is 2. The fourth-order valence-corrected chi connectivity index (χ4v) is 2.89. The highest BCUT2D eigenvalue weighted by molar-refractivity contribution is 7.93. The van der Waals surface area contributed by atoms with E-state index in [2.05, 4.69) is 10.2 Å². The molecule has 0 amide bonds. The molecule has 0 radical (unpaired) electrons. The Hall–Kier alpha value is -2.90. The van der Waals surface area contributed by atoms with Crippen molar-refractivity contribution in [2.75, 3.05) is 4.72 Å². The Labute approximate surface area is 158 Å². The first kappa shape index (κ1) is 22.4. The number of halogens is 7. The molecule has 158 valence electrons. The molecular formula is C15H10F7N3O3S. The summed E-state index contributed by atoms with van der Waals surface area (Å²) in [7, 11) is -6.57. The van der Waals surface area contributed by atoms with Gasteiger partial charge in [-0.1, -0.05) is 24.3 Å². The van der Waals surface area contributed by atoms with Crippen molar-refractivity contribution in [2.24, 2.45) is 10.2 Å². The van der Waals surface area contributed by atoms with Crippen LogP contribution in [0.5, 0.6) is 5.75 Å². The van der Waals surface area contributed by atoms with Crippen LogP contribution in [0.15, 0.2) is 58.8 Å². The van der Waals surface area contributed by atoms with Crippen LogP contribution in [-0.4, -0.2) is 30.9 Å². The standard InChI is InChI=1S/C15H10F7N3O3S/c16-13(17,14(18,19)20)15(21,22)29(27,28)25-10-6-2-1-5-9(10)23-24-11-7-3-4-8-12(11)26/h1-8,25-26H. The average molecular weight is 445 g/mol. The second-order valence-electron chi connectivity index (χ2n) is 5.40. The van der Waals surface area contributed by atoms with Crippen LogP contribution in [0.4, 0.5) is 47.8 Å². The molecule has 0 aliphatic carbocycles. The van der Waals surface area contributed by atoms with Crippen LogP contribution in [-0.2, 0) is 10.0 Å². The lowest BCUT2D eigenvalue weighted by atomic mass is 10.3. The maximum atomic E-state index is 13.6. The van der Waals surface area contributed by atoms with Gasteiger partial charge in [0, 0.05) is 0 Å². The fraction of sp³-hybridized carbons (Fsp3) is 0.200. The zero-order chi connectivity index (χ0) is 22.1. The summed E-state index contributed by atoms with van der Waals surface area (Å²) in [6.07, 6.45) is -6.82. The number of benzene rings is 2. The summed E-state index contributed by atoms with van der Waals surface area (Å²) in [4.78, 5) is 0. The highest BCUT2D eigenvalue weighted by atomic mass is 32.2. The van der Waals surface area contributed by atoms with E-state index >= 15 is 0 Å². The van der Waals surface area contributed by atoms with Gasteiger partial charge in [0.05, 0.1) is 5.69 Å². The van der Waals surface area contributed by atoms with Gasteiger partial charge in [-0.3, -0.25) is 4.72 Å². The Balaban J connectivity index is 2.41. The largest absolute Gasteiger partial charge is 0.506 e. The Bertz CT molecular complexity index is 1020. The summed E-state index contributed by atoms with van der Waals surface area (Å²) in [6.45, 7) is 0. The van der Waals surface area contributed by atoms with Gasteiger partial charge >= 0.3 is 27.4 Å². The highest BCUT2D eigenvalue weighted by Crippen LogP contribution is 2.49. The van der Waals surface area contributed by atoms with E-state index in [9.17, 15) is 44.3 Å². The molecule has 14 heteroatoms. The van der Waals surface area contributed by atoms with Crippen LogP contribution in [0.25, 0.3) is 0 Å². The summed E-state index contributed by atoms with van der Waals surface area (Å²) in [5.41, 5.74) is -1.45. The Morgan fingerprint density at radius 1 is 0.793 bits per heavy atom. The molecule has 0 bridgehead atoms. The molecule has 2 aromatic carbocycles. The maximum Gasteiger partial charge on any atom is 0.461 e. The number of hydrogen-bond acceptors (Lipinski definition) is 5. The van der Waals surface area contributed by atoms with Crippen molar-refractivity contribution in [3.63, 3.8) is 0 Å². The number of phenols is 1. The zero-order valence-electron chi connectivity index (χ0n) is 13.8. The molecule has 0 fully saturated rings. The van der Waals surface area contributed by atoms with E-state index in [-0.39, 0.29) is 11.4 Å². The van der Waals surface area contributed by atoms with Crippen molar-refractivity contribution in [1.82, 2.24) is 0 Å². The topological polar surface area (TPSA) is 91.1 Å². The number of azo groups is 1. The van der Waals surface area contributed by atoms with Gasteiger partial charge < -0.3 is 5.11 Å². The number of anilines is 1. The first-order valence-electron chi connectivity index (χ1n) is 7.34. The first-order chi connectivity index (χ1) is 13.2. The molecule has 0 aromatic heterocycles. The molecule has 2 aromatic rings. The molecule has 6 nitrogen and oxygen atoms in total. The van der Waals surface area contributed by atoms with Crippen LogP contribution < -0.4 is 4.72 Å². The van der Waals surface area contributed by atoms with E-state index in [0.29, 0.717) is 0 Å². The molecular weight excluding hydrogens is 435 g/mol. The molecule has 0 saturated heterocycles. The van der Waals surface area contributed by atoms with Crippen molar-refractivity contribution in [3.8, 4) is 5.75 Å². The van der Waals surface area contributed by atoms with Gasteiger partial charge in [-0.25, -0.2) is 0 Å². The van der Waals surface area contributed by atoms with Gasteiger partial charge in [-0.2, -0.15) is 39.2 Å². The molecule has 0 unspecified atom stereocenters. The predicted molar refractivity (Wildman–Crippen MR) is 87.2 cm³/mol. The number of hydrogen-bond donors (Lipinski definition) is 2. The Kier molecular flexibility index (Phi) is 5.79. The molecule has 0 spiro atoms. The zero-order valence-corrected chi connectivity index (χ0v) is 14.6. The second kappa shape index (κ2) is 7.50. The normalized spacial score (nSPS) is 13.6. The minimum Gasteiger partial charge on any atom is -0.506 e. The number of nitrogens with one attached hydrogen (secondary N) is 1. The number of rotatable bonds is 6. The van der Waals surface area contributed by atoms with E-state index in [0.717, 1.165) is 22.9 Å². The lowest BCUT2D eigenvalue weighted by Gasteiger charge is -2.28. The smallest absolute Gasteiger partial charge is 0.461 e. The average Bonchev–Trinajstić information content (AvgIpc) is 2.60. The number of sulfonamides is 1. The molecule has 0 aliphatic heterocycles. The van der Waals surface area contributed by atoms with Gasteiger partial charge in [-0.15, -0.1) is 10.2 Å². The third-order valence-corrected chi connectivity index (χ3v) is 4.77. The van der Waals surface area contributed by atoms with Crippen molar-refractivity contribution < 1.29 is 44.3 Å². The molecule has 0 atom stereocenters. The number of nitrogens with zero attached hydrogens (tertiary/aromatic N) is 2. The fourth-order valence-electron chi connectivity index (χ4n) is 1.85. The summed E-state index contributed by atoms with van der Waals surface area (Å²) in [6, 6.07) is 9.52. The molecule has 2 N–H and O–H groups in total. The summed E-state index contributed by atoms with van der Waals surface area (Å²) in [5, 5.41) is 10.1. The Morgan fingerprint density at radius 3 is 1.83 bits per heavy atom. The van der Waals surface area contributed by atoms with Gasteiger partial charge in [0.25, 0.3) is 0 Å². The highest BCUT2D eigenvalue weighted by Gasteiger charge is 2.78. The van der Waals surface area contributed by atoms with Gasteiger partial charge in [0.15, 0.2) is 0 Å². The lowest BCUT2D eigenvalue weighted by Crippen LogP contribution is -2.57. The predicted octanol–water partition coefficient (Wildman–Crippen LogP) is 5.34. The van der Waals surface area contributed by atoms with Crippen LogP contribution in [0.3, 0.4) is 0 Å². The van der Waals surface area contributed by atoms with Crippen LogP contribution in [0, 0.1) is 0 Å². The van der Waals surface area contributed by atoms with E-state index in [4.69, 9.17) is 0 Å². The maximum absolute atomic E-state index is 13.6. The number of alkyl halides is 7. The first-order valence-corrected chi connectivity index (χ1v) is 8.82. The van der Waals surface area contributed by atoms with Gasteiger partial charge in [-0.05, 0) is 24.3 Å². The van der Waals surface area contributed by atoms with Crippen molar-refractivity contribution in [1.29, 1.82) is 0 Å². The van der Waals surface area contributed by atoms with Crippen molar-refractivity contribution in [2.45, 2.75) is 17.4 Å². The second-order valence-corrected chi connectivity index (χ2v) is 7.12. The van der Waals surface area contributed by atoms with Crippen molar-refractivity contribution in [3.05, 3.63) is 48.5 Å². The van der Waals surface area contributed by atoms with Gasteiger partial charge in [0.1, 0.15) is 17.1 Å². The number of phenolic OH excluding ortho intramolecular Hbond substituents is 1. The van der Waals surface area contributed by atoms with Crippen LogP contribution >= 0.6 is 0 Å². The summed E-state index contributed by atoms with van der Waals surface area (Å²) in [5.74, 6) is -7.20. The Morgan fingerprint density at radius 2 is 1.28 bits per heavy atom.